The normalized spacial score (nSPS) is 10.1. The zero-order valence-electron chi connectivity index (χ0n) is 7.96. The van der Waals surface area contributed by atoms with Gasteiger partial charge in [-0.05, 0) is 18.5 Å². The van der Waals surface area contributed by atoms with Crippen molar-refractivity contribution in [3.63, 3.8) is 0 Å². The van der Waals surface area contributed by atoms with Gasteiger partial charge >= 0.3 is 5.97 Å². The maximum Gasteiger partial charge on any atom is 0.310 e. The summed E-state index contributed by atoms with van der Waals surface area (Å²) < 4.78 is 4.74. The molecule has 82 valence electrons. The smallest absolute Gasteiger partial charge is 0.310 e. The molecule has 0 saturated heterocycles. The number of hydrogen-bond donors (Lipinski definition) is 1. The first-order chi connectivity index (χ1) is 7.04. The monoisotopic (exact) mass is 249 g/mol. The number of anilines is 1. The minimum absolute atomic E-state index is 0.0508. The van der Waals surface area contributed by atoms with Gasteiger partial charge in [0, 0.05) is 5.56 Å². The molecule has 0 aliphatic rings. The summed E-state index contributed by atoms with van der Waals surface area (Å²) in [6, 6.07) is 0. The van der Waals surface area contributed by atoms with Crippen molar-refractivity contribution < 1.29 is 9.53 Å². The third-order valence-corrected chi connectivity index (χ3v) is 2.07. The lowest BCUT2D eigenvalue weighted by Gasteiger charge is -2.06. The van der Waals surface area contributed by atoms with Crippen LogP contribution in [0, 0.1) is 0 Å². The number of esters is 1. The Morgan fingerprint density at radius 2 is 2.13 bits per heavy atom. The number of nitrogens with zero attached hydrogens (tertiary/aromatic N) is 2. The van der Waals surface area contributed by atoms with Gasteiger partial charge in [-0.1, -0.05) is 11.6 Å². The fourth-order valence-corrected chi connectivity index (χ4v) is 1.43. The topological polar surface area (TPSA) is 78.1 Å². The van der Waals surface area contributed by atoms with E-state index in [9.17, 15) is 4.79 Å². The van der Waals surface area contributed by atoms with Crippen LogP contribution in [0.4, 0.5) is 5.82 Å². The second kappa shape index (κ2) is 5.14. The summed E-state index contributed by atoms with van der Waals surface area (Å²) in [4.78, 5) is 18.5. The molecule has 0 aliphatic carbocycles. The molecule has 15 heavy (non-hydrogen) atoms. The molecule has 1 aromatic rings. The van der Waals surface area contributed by atoms with Crippen LogP contribution in [-0.2, 0) is 16.0 Å². The predicted octanol–water partition coefficient (Wildman–Crippen LogP) is 1.47. The van der Waals surface area contributed by atoms with E-state index in [0.29, 0.717) is 12.2 Å². The van der Waals surface area contributed by atoms with Crippen LogP contribution in [0.3, 0.4) is 0 Å². The Balaban J connectivity index is 2.90. The highest BCUT2D eigenvalue weighted by Crippen LogP contribution is 2.21. The van der Waals surface area contributed by atoms with Crippen molar-refractivity contribution in [2.45, 2.75) is 13.3 Å². The highest BCUT2D eigenvalue weighted by molar-refractivity contribution is 6.32. The maximum atomic E-state index is 11.2. The van der Waals surface area contributed by atoms with Gasteiger partial charge in [-0.2, -0.15) is 0 Å². The standard InChI is InChI=1S/C8H9Cl2N3O2/c1-2-15-5(14)3-4-6(9)12-8(10)13-7(4)11/h2-3H2,1H3,(H2,11,12,13). The first-order valence-corrected chi connectivity index (χ1v) is 4.93. The minimum atomic E-state index is -0.433. The second-order valence-electron chi connectivity index (χ2n) is 2.63. The fourth-order valence-electron chi connectivity index (χ4n) is 0.966. The van der Waals surface area contributed by atoms with Gasteiger partial charge in [0.2, 0.25) is 5.28 Å². The van der Waals surface area contributed by atoms with Gasteiger partial charge in [0.15, 0.2) is 0 Å². The van der Waals surface area contributed by atoms with E-state index in [2.05, 4.69) is 9.97 Å². The van der Waals surface area contributed by atoms with Crippen molar-refractivity contribution >= 4 is 35.0 Å². The zero-order chi connectivity index (χ0) is 11.4. The Labute approximate surface area is 96.6 Å². The maximum absolute atomic E-state index is 11.2. The van der Waals surface area contributed by atoms with Gasteiger partial charge in [0.25, 0.3) is 0 Å². The number of nitrogen functional groups attached to an aromatic ring is 1. The van der Waals surface area contributed by atoms with Crippen molar-refractivity contribution in [2.24, 2.45) is 0 Å². The van der Waals surface area contributed by atoms with Crippen LogP contribution < -0.4 is 5.73 Å². The number of ether oxygens (including phenoxy) is 1. The number of hydrogen-bond acceptors (Lipinski definition) is 5. The molecule has 2 N–H and O–H groups in total. The first-order valence-electron chi connectivity index (χ1n) is 4.17. The van der Waals surface area contributed by atoms with Gasteiger partial charge in [-0.3, -0.25) is 4.79 Å². The molecular weight excluding hydrogens is 241 g/mol. The van der Waals surface area contributed by atoms with Gasteiger partial charge < -0.3 is 10.5 Å². The molecule has 0 radical (unpaired) electrons. The molecule has 5 nitrogen and oxygen atoms in total. The SMILES string of the molecule is CCOC(=O)Cc1c(N)nc(Cl)nc1Cl. The van der Waals surface area contributed by atoms with Crippen LogP contribution in [0.15, 0.2) is 0 Å². The molecule has 0 saturated carbocycles. The molecule has 1 rings (SSSR count). The zero-order valence-corrected chi connectivity index (χ0v) is 9.47. The van der Waals surface area contributed by atoms with Crippen molar-refractivity contribution in [1.82, 2.24) is 9.97 Å². The van der Waals surface area contributed by atoms with E-state index in [-0.39, 0.29) is 22.7 Å². The van der Waals surface area contributed by atoms with E-state index in [1.54, 1.807) is 6.92 Å². The highest BCUT2D eigenvalue weighted by atomic mass is 35.5. The molecule has 0 unspecified atom stereocenters. The van der Waals surface area contributed by atoms with E-state index < -0.39 is 5.97 Å². The van der Waals surface area contributed by atoms with E-state index in [4.69, 9.17) is 33.7 Å². The average Bonchev–Trinajstić information content (AvgIpc) is 2.11. The van der Waals surface area contributed by atoms with E-state index in [1.165, 1.54) is 0 Å². The number of rotatable bonds is 3. The van der Waals surface area contributed by atoms with Crippen LogP contribution in [0.2, 0.25) is 10.4 Å². The summed E-state index contributed by atoms with van der Waals surface area (Å²) in [7, 11) is 0. The molecule has 7 heteroatoms. The molecule has 0 atom stereocenters. The first kappa shape index (κ1) is 12.0. The van der Waals surface area contributed by atoms with Gasteiger partial charge in [0.1, 0.15) is 11.0 Å². The number of carbonyl (C=O) groups is 1. The second-order valence-corrected chi connectivity index (χ2v) is 3.33. The van der Waals surface area contributed by atoms with Crippen molar-refractivity contribution in [3.05, 3.63) is 16.0 Å². The molecule has 0 bridgehead atoms. The Morgan fingerprint density at radius 1 is 1.47 bits per heavy atom. The van der Waals surface area contributed by atoms with Gasteiger partial charge in [-0.15, -0.1) is 0 Å². The Morgan fingerprint density at radius 3 is 2.67 bits per heavy atom. The summed E-state index contributed by atoms with van der Waals surface area (Å²) >= 11 is 11.3. The summed E-state index contributed by atoms with van der Waals surface area (Å²) in [6.45, 7) is 2.01. The Kier molecular flexibility index (Phi) is 4.11. The van der Waals surface area contributed by atoms with Gasteiger partial charge in [0.05, 0.1) is 13.0 Å². The largest absolute Gasteiger partial charge is 0.466 e. The minimum Gasteiger partial charge on any atom is -0.466 e. The van der Waals surface area contributed by atoms with Crippen LogP contribution in [0.25, 0.3) is 0 Å². The molecule has 0 amide bonds. The third-order valence-electron chi connectivity index (χ3n) is 1.59. The van der Waals surface area contributed by atoms with Crippen LogP contribution in [0.1, 0.15) is 12.5 Å². The van der Waals surface area contributed by atoms with E-state index in [1.807, 2.05) is 0 Å². The lowest BCUT2D eigenvalue weighted by atomic mass is 10.2. The molecule has 0 spiro atoms. The highest BCUT2D eigenvalue weighted by Gasteiger charge is 2.14. The summed E-state index contributed by atoms with van der Waals surface area (Å²) in [5, 5.41) is 0.0191. The number of nitrogens with two attached hydrogens (primary N) is 1. The molecule has 1 heterocycles. The van der Waals surface area contributed by atoms with Crippen molar-refractivity contribution in [1.29, 1.82) is 0 Å². The fraction of sp³-hybridized carbons (Fsp3) is 0.375. The summed E-state index contributed by atoms with van der Waals surface area (Å²) in [5.74, 6) is -0.343. The summed E-state index contributed by atoms with van der Waals surface area (Å²) in [6.07, 6.45) is -0.0598. The van der Waals surface area contributed by atoms with E-state index >= 15 is 0 Å². The molecular formula is C8H9Cl2N3O2. The number of carbonyl (C=O) groups excluding carboxylic acids is 1. The van der Waals surface area contributed by atoms with E-state index in [0.717, 1.165) is 0 Å². The molecule has 1 aromatic heterocycles. The Bertz CT molecular complexity index is 361. The quantitative estimate of drug-likeness (QED) is 0.499. The third kappa shape index (κ3) is 3.21. The predicted molar refractivity (Wildman–Crippen MR) is 56.8 cm³/mol. The Hall–Kier alpha value is -1.07. The van der Waals surface area contributed by atoms with Crippen LogP contribution in [0.5, 0.6) is 0 Å². The molecule has 0 fully saturated rings. The molecule has 0 aliphatic heterocycles. The van der Waals surface area contributed by atoms with Crippen LogP contribution in [-0.4, -0.2) is 22.5 Å². The molecule has 0 aromatic carbocycles. The lowest BCUT2D eigenvalue weighted by Crippen LogP contribution is -2.11. The number of halogens is 2. The van der Waals surface area contributed by atoms with Crippen LogP contribution >= 0.6 is 23.2 Å². The number of aromatic nitrogens is 2. The van der Waals surface area contributed by atoms with Crippen molar-refractivity contribution in [3.8, 4) is 0 Å². The van der Waals surface area contributed by atoms with Gasteiger partial charge in [-0.25, -0.2) is 9.97 Å². The van der Waals surface area contributed by atoms with Crippen molar-refractivity contribution in [2.75, 3.05) is 12.3 Å². The average molecular weight is 250 g/mol. The summed E-state index contributed by atoms with van der Waals surface area (Å²) in [5.41, 5.74) is 5.87. The lowest BCUT2D eigenvalue weighted by molar-refractivity contribution is -0.142.